The van der Waals surface area contributed by atoms with Crippen LogP contribution in [-0.4, -0.2) is 6.66 Å². The molecule has 0 aromatic heterocycles. The van der Waals surface area contributed by atoms with Crippen molar-refractivity contribution in [1.29, 1.82) is 0 Å². The second-order valence-electron chi connectivity index (χ2n) is 5.22. The van der Waals surface area contributed by atoms with Gasteiger partial charge in [-0.05, 0) is 0 Å². The maximum Gasteiger partial charge on any atom is 0 e. The summed E-state index contributed by atoms with van der Waals surface area (Å²) in [6.45, 7) is 2.44. The van der Waals surface area contributed by atoms with Crippen molar-refractivity contribution in [2.24, 2.45) is 0 Å². The molecule has 3 rings (SSSR count). The minimum Gasteiger partial charge on any atom is 0 e. The molecule has 0 heterocycles. The van der Waals surface area contributed by atoms with E-state index in [1.807, 2.05) is 0 Å². The van der Waals surface area contributed by atoms with Gasteiger partial charge in [-0.25, -0.2) is 0 Å². The summed E-state index contributed by atoms with van der Waals surface area (Å²) in [6.07, 6.45) is 0. The second kappa shape index (κ2) is 7.15. The van der Waals surface area contributed by atoms with E-state index < -0.39 is 7.26 Å². The summed E-state index contributed by atoms with van der Waals surface area (Å²) in [5.74, 6) is 0. The number of rotatable bonds is 3. The van der Waals surface area contributed by atoms with E-state index in [2.05, 4.69) is 97.7 Å². The monoisotopic (exact) mass is 384 g/mol. The van der Waals surface area contributed by atoms with E-state index in [4.69, 9.17) is 0 Å². The molecule has 3 aromatic rings. The van der Waals surface area contributed by atoms with E-state index in [-0.39, 0.29) is 20.4 Å². The maximum atomic E-state index is 2.44. The molecule has 0 aliphatic carbocycles. The molecule has 0 aliphatic rings. The number of hydrogen-bond acceptors (Lipinski definition) is 0. The molecule has 2 heteroatoms. The molecule has 0 N–H and O–H groups in total. The van der Waals surface area contributed by atoms with Crippen molar-refractivity contribution in [2.45, 2.75) is 0 Å². The van der Waals surface area contributed by atoms with Crippen LogP contribution in [0.25, 0.3) is 0 Å². The third-order valence-electron chi connectivity index (χ3n) is 4.05. The van der Waals surface area contributed by atoms with Crippen LogP contribution < -0.4 is 15.9 Å². The Morgan fingerprint density at radius 2 is 0.714 bits per heavy atom. The van der Waals surface area contributed by atoms with Crippen molar-refractivity contribution < 1.29 is 20.4 Å². The molecule has 0 saturated carbocycles. The molecule has 0 saturated heterocycles. The van der Waals surface area contributed by atoms with Gasteiger partial charge in [0, 0.05) is 20.4 Å². The van der Waals surface area contributed by atoms with Crippen molar-refractivity contribution in [3.63, 3.8) is 0 Å². The fraction of sp³-hybridized carbons (Fsp3) is 0.0526. The van der Waals surface area contributed by atoms with Crippen LogP contribution in [0.2, 0.25) is 0 Å². The Labute approximate surface area is 141 Å². The van der Waals surface area contributed by atoms with Crippen molar-refractivity contribution in [2.75, 3.05) is 6.66 Å². The Morgan fingerprint density at radius 1 is 0.476 bits per heavy atom. The fourth-order valence-corrected chi connectivity index (χ4v) is 6.39. The third-order valence-corrected chi connectivity index (χ3v) is 8.52. The van der Waals surface area contributed by atoms with Crippen molar-refractivity contribution >= 4 is 23.2 Å². The van der Waals surface area contributed by atoms with E-state index >= 15 is 0 Å². The third kappa shape index (κ3) is 3.17. The average Bonchev–Trinajstić information content (AvgIpc) is 2.56. The molecular formula is C19H19PPd. The fourth-order valence-electron chi connectivity index (χ4n) is 2.81. The van der Waals surface area contributed by atoms with E-state index in [1.54, 1.807) is 0 Å². The summed E-state index contributed by atoms with van der Waals surface area (Å²) in [4.78, 5) is 0. The Hall–Kier alpha value is -1.25. The van der Waals surface area contributed by atoms with Gasteiger partial charge in [-0.3, -0.25) is 0 Å². The van der Waals surface area contributed by atoms with Gasteiger partial charge in [0.15, 0.2) is 0 Å². The first-order chi connectivity index (χ1) is 9.82. The Balaban J connectivity index is 0.00000161. The SMILES string of the molecule is C[PH](c1ccccc1)(c1ccccc1)c1ccccc1.[Pd]. The summed E-state index contributed by atoms with van der Waals surface area (Å²) in [5.41, 5.74) is 0. The largest absolute Gasteiger partial charge is 0 e. The van der Waals surface area contributed by atoms with Gasteiger partial charge in [0.25, 0.3) is 0 Å². The summed E-state index contributed by atoms with van der Waals surface area (Å²) < 4.78 is 0. The molecule has 0 spiro atoms. The number of hydrogen-bond donors (Lipinski definition) is 0. The van der Waals surface area contributed by atoms with Crippen molar-refractivity contribution in [1.82, 2.24) is 0 Å². The molecular weight excluding hydrogens is 366 g/mol. The van der Waals surface area contributed by atoms with Gasteiger partial charge in [0.2, 0.25) is 0 Å². The van der Waals surface area contributed by atoms with Crippen LogP contribution in [0.1, 0.15) is 0 Å². The molecule has 0 nitrogen and oxygen atoms in total. The first-order valence-corrected chi connectivity index (χ1v) is 9.48. The molecule has 0 atom stereocenters. The topological polar surface area (TPSA) is 0 Å². The summed E-state index contributed by atoms with van der Waals surface area (Å²) in [7, 11) is -1.88. The standard InChI is InChI=1S/C19H19P.Pd/c1-20(17-11-5-2-6-12-17,18-13-7-3-8-14-18)19-15-9-4-10-16-19;/h2-16,20H,1H3;. The predicted octanol–water partition coefficient (Wildman–Crippen LogP) is 3.34. The smallest absolute Gasteiger partial charge is 0 e. The van der Waals surface area contributed by atoms with Gasteiger partial charge in [0.05, 0.1) is 0 Å². The zero-order valence-electron chi connectivity index (χ0n) is 12.0. The van der Waals surface area contributed by atoms with E-state index in [0.717, 1.165) is 0 Å². The Kier molecular flexibility index (Phi) is 5.49. The van der Waals surface area contributed by atoms with Crippen LogP contribution in [0.5, 0.6) is 0 Å². The molecule has 0 unspecified atom stereocenters. The molecule has 0 radical (unpaired) electrons. The van der Waals surface area contributed by atoms with Crippen molar-refractivity contribution in [3.05, 3.63) is 91.0 Å². The normalized spacial score (nSPS) is 11.5. The van der Waals surface area contributed by atoms with Gasteiger partial charge in [-0.2, -0.15) is 0 Å². The molecule has 0 fully saturated rings. The van der Waals surface area contributed by atoms with Gasteiger partial charge >= 0.3 is 121 Å². The quantitative estimate of drug-likeness (QED) is 0.480. The molecule has 0 amide bonds. The van der Waals surface area contributed by atoms with Crippen LogP contribution in [0, 0.1) is 0 Å². The summed E-state index contributed by atoms with van der Waals surface area (Å²) in [6, 6.07) is 32.8. The minimum absolute atomic E-state index is 0. The number of benzene rings is 3. The van der Waals surface area contributed by atoms with Gasteiger partial charge in [-0.15, -0.1) is 0 Å². The molecule has 110 valence electrons. The molecule has 0 aliphatic heterocycles. The van der Waals surface area contributed by atoms with Crippen LogP contribution in [0.4, 0.5) is 0 Å². The van der Waals surface area contributed by atoms with E-state index in [1.165, 1.54) is 15.9 Å². The first-order valence-electron chi connectivity index (χ1n) is 6.98. The summed E-state index contributed by atoms with van der Waals surface area (Å²) in [5, 5.41) is 4.37. The molecule has 3 aromatic carbocycles. The van der Waals surface area contributed by atoms with Crippen LogP contribution in [0.3, 0.4) is 0 Å². The summed E-state index contributed by atoms with van der Waals surface area (Å²) >= 11 is 0. The van der Waals surface area contributed by atoms with E-state index in [9.17, 15) is 0 Å². The molecule has 21 heavy (non-hydrogen) atoms. The van der Waals surface area contributed by atoms with Crippen LogP contribution >= 0.6 is 7.26 Å². The van der Waals surface area contributed by atoms with Gasteiger partial charge < -0.3 is 0 Å². The van der Waals surface area contributed by atoms with Crippen molar-refractivity contribution in [3.8, 4) is 0 Å². The molecule has 0 bridgehead atoms. The van der Waals surface area contributed by atoms with Gasteiger partial charge in [-0.1, -0.05) is 0 Å². The van der Waals surface area contributed by atoms with Crippen LogP contribution in [0.15, 0.2) is 91.0 Å². The zero-order valence-corrected chi connectivity index (χ0v) is 14.5. The first kappa shape index (κ1) is 16.1. The zero-order chi connectivity index (χ0) is 13.8. The Bertz CT molecular complexity index is 569. The maximum absolute atomic E-state index is 2.44. The van der Waals surface area contributed by atoms with Gasteiger partial charge in [0.1, 0.15) is 0 Å². The second-order valence-corrected chi connectivity index (χ2v) is 9.21. The average molecular weight is 385 g/mol. The van der Waals surface area contributed by atoms with Crippen LogP contribution in [-0.2, 0) is 20.4 Å². The predicted molar refractivity (Wildman–Crippen MR) is 92.5 cm³/mol. The minimum atomic E-state index is -1.88. The Morgan fingerprint density at radius 3 is 0.952 bits per heavy atom. The van der Waals surface area contributed by atoms with E-state index in [0.29, 0.717) is 0 Å².